The van der Waals surface area contributed by atoms with E-state index in [2.05, 4.69) is 4.98 Å². The summed E-state index contributed by atoms with van der Waals surface area (Å²) in [5.41, 5.74) is 0.640. The van der Waals surface area contributed by atoms with Gasteiger partial charge in [-0.3, -0.25) is 0 Å². The maximum absolute atomic E-state index is 10.8. The highest BCUT2D eigenvalue weighted by Gasteiger charge is 2.12. The highest BCUT2D eigenvalue weighted by atomic mass is 127. The number of rotatable bonds is 1. The van der Waals surface area contributed by atoms with E-state index in [9.17, 15) is 8.42 Å². The van der Waals surface area contributed by atoms with E-state index in [1.807, 2.05) is 22.6 Å². The van der Waals surface area contributed by atoms with Crippen molar-refractivity contribution in [3.63, 3.8) is 0 Å². The van der Waals surface area contributed by atoms with E-state index in [1.54, 1.807) is 13.0 Å². The van der Waals surface area contributed by atoms with Crippen molar-refractivity contribution >= 4 is 42.3 Å². The summed E-state index contributed by atoms with van der Waals surface area (Å²) in [5, 5.41) is -0.0893. The van der Waals surface area contributed by atoms with E-state index in [-0.39, 0.29) is 5.03 Å². The fraction of sp³-hybridized carbons (Fsp3) is 0.167. The van der Waals surface area contributed by atoms with Crippen molar-refractivity contribution in [3.8, 4) is 0 Å². The minimum absolute atomic E-state index is 0.0893. The average molecular weight is 318 g/mol. The lowest BCUT2D eigenvalue weighted by Gasteiger charge is -1.98. The first kappa shape index (κ1) is 10.2. The first-order chi connectivity index (χ1) is 5.39. The third kappa shape index (κ3) is 2.56. The van der Waals surface area contributed by atoms with Gasteiger partial charge in [-0.15, -0.1) is 0 Å². The molecule has 0 aliphatic rings. The van der Waals surface area contributed by atoms with Gasteiger partial charge in [0.15, 0.2) is 5.03 Å². The second-order valence-electron chi connectivity index (χ2n) is 2.20. The van der Waals surface area contributed by atoms with Crippen LogP contribution in [0.2, 0.25) is 0 Å². The van der Waals surface area contributed by atoms with Crippen molar-refractivity contribution in [2.45, 2.75) is 11.9 Å². The summed E-state index contributed by atoms with van der Waals surface area (Å²) >= 11 is 2.01. The first-order valence-electron chi connectivity index (χ1n) is 2.98. The highest BCUT2D eigenvalue weighted by Crippen LogP contribution is 2.15. The van der Waals surface area contributed by atoms with Crippen LogP contribution >= 0.6 is 33.3 Å². The molecule has 0 N–H and O–H groups in total. The number of hydrogen-bond donors (Lipinski definition) is 0. The zero-order chi connectivity index (χ0) is 9.35. The molecule has 0 saturated heterocycles. The molecule has 0 saturated carbocycles. The van der Waals surface area contributed by atoms with Crippen LogP contribution in [-0.4, -0.2) is 13.4 Å². The van der Waals surface area contributed by atoms with Gasteiger partial charge in [-0.05, 0) is 41.6 Å². The Morgan fingerprint density at radius 1 is 1.50 bits per heavy atom. The van der Waals surface area contributed by atoms with Crippen molar-refractivity contribution in [2.24, 2.45) is 0 Å². The smallest absolute Gasteiger partial charge is 0.240 e. The molecule has 12 heavy (non-hydrogen) atoms. The molecule has 0 spiro atoms. The molecule has 0 aliphatic carbocycles. The molecule has 3 nitrogen and oxygen atoms in total. The predicted molar refractivity (Wildman–Crippen MR) is 54.7 cm³/mol. The zero-order valence-electron chi connectivity index (χ0n) is 6.08. The Balaban J connectivity index is 3.37. The van der Waals surface area contributed by atoms with E-state index in [4.69, 9.17) is 10.7 Å². The summed E-state index contributed by atoms with van der Waals surface area (Å²) in [6, 6.07) is 3.20. The van der Waals surface area contributed by atoms with Gasteiger partial charge in [-0.25, -0.2) is 13.4 Å². The van der Waals surface area contributed by atoms with Gasteiger partial charge in [0.1, 0.15) is 0 Å². The Morgan fingerprint density at radius 3 is 2.50 bits per heavy atom. The lowest BCUT2D eigenvalue weighted by molar-refractivity contribution is 0.605. The lowest BCUT2D eigenvalue weighted by atomic mass is 10.4. The minimum atomic E-state index is -3.69. The summed E-state index contributed by atoms with van der Waals surface area (Å²) in [6.45, 7) is 1.72. The molecule has 0 unspecified atom stereocenters. The van der Waals surface area contributed by atoms with Crippen molar-refractivity contribution in [3.05, 3.63) is 21.4 Å². The standard InChI is InChI=1S/C6H5ClINO2S/c1-4-2-5(8)3-6(9-4)12(7,10)11/h2-3H,1H3. The summed E-state index contributed by atoms with van der Waals surface area (Å²) in [7, 11) is 1.42. The summed E-state index contributed by atoms with van der Waals surface area (Å²) < 4.78 is 22.5. The molecule has 6 heteroatoms. The lowest BCUT2D eigenvalue weighted by Crippen LogP contribution is -1.97. The fourth-order valence-electron chi connectivity index (χ4n) is 0.722. The maximum atomic E-state index is 10.8. The average Bonchev–Trinajstić information content (AvgIpc) is 1.82. The quantitative estimate of drug-likeness (QED) is 0.587. The Hall–Kier alpha value is 0.120. The summed E-state index contributed by atoms with van der Waals surface area (Å²) in [6.07, 6.45) is 0. The van der Waals surface area contributed by atoms with Gasteiger partial charge in [-0.2, -0.15) is 0 Å². The molecule has 0 aromatic carbocycles. The van der Waals surface area contributed by atoms with Gasteiger partial charge in [0.2, 0.25) is 0 Å². The van der Waals surface area contributed by atoms with Crippen molar-refractivity contribution < 1.29 is 8.42 Å². The largest absolute Gasteiger partial charge is 0.278 e. The van der Waals surface area contributed by atoms with Crippen LogP contribution < -0.4 is 0 Å². The zero-order valence-corrected chi connectivity index (χ0v) is 9.81. The molecule has 0 atom stereocenters. The molecule has 0 radical (unpaired) electrons. The van der Waals surface area contributed by atoms with Crippen LogP contribution in [0.4, 0.5) is 0 Å². The molecular weight excluding hydrogens is 312 g/mol. The Morgan fingerprint density at radius 2 is 2.08 bits per heavy atom. The van der Waals surface area contributed by atoms with Gasteiger partial charge < -0.3 is 0 Å². The maximum Gasteiger partial charge on any atom is 0.278 e. The second kappa shape index (κ2) is 3.47. The van der Waals surface area contributed by atoms with Crippen LogP contribution in [0.1, 0.15) is 5.69 Å². The SMILES string of the molecule is Cc1cc(I)cc(S(=O)(=O)Cl)n1. The molecular formula is C6H5ClINO2S. The number of aryl methyl sites for hydroxylation is 1. The summed E-state index contributed by atoms with van der Waals surface area (Å²) in [5.74, 6) is 0. The van der Waals surface area contributed by atoms with E-state index in [0.717, 1.165) is 3.57 Å². The number of aromatic nitrogens is 1. The van der Waals surface area contributed by atoms with Crippen LogP contribution in [-0.2, 0) is 9.05 Å². The molecule has 0 fully saturated rings. The molecule has 0 aliphatic heterocycles. The minimum Gasteiger partial charge on any atom is -0.240 e. The second-order valence-corrected chi connectivity index (χ2v) is 5.96. The van der Waals surface area contributed by atoms with E-state index in [1.165, 1.54) is 6.07 Å². The monoisotopic (exact) mass is 317 g/mol. The molecule has 0 bridgehead atoms. The Bertz CT molecular complexity index is 384. The molecule has 66 valence electrons. The van der Waals surface area contributed by atoms with Crippen molar-refractivity contribution in [1.82, 2.24) is 4.98 Å². The normalized spacial score (nSPS) is 11.6. The van der Waals surface area contributed by atoms with Gasteiger partial charge in [0, 0.05) is 19.9 Å². The van der Waals surface area contributed by atoms with Gasteiger partial charge >= 0.3 is 0 Å². The highest BCUT2D eigenvalue weighted by molar-refractivity contribution is 14.1. The predicted octanol–water partition coefficient (Wildman–Crippen LogP) is 1.92. The van der Waals surface area contributed by atoms with Crippen LogP contribution in [0.25, 0.3) is 0 Å². The van der Waals surface area contributed by atoms with Gasteiger partial charge in [0.25, 0.3) is 9.05 Å². The first-order valence-corrected chi connectivity index (χ1v) is 6.37. The van der Waals surface area contributed by atoms with Crippen LogP contribution in [0.5, 0.6) is 0 Å². The van der Waals surface area contributed by atoms with E-state index >= 15 is 0 Å². The van der Waals surface area contributed by atoms with Crippen LogP contribution in [0.15, 0.2) is 17.2 Å². The summed E-state index contributed by atoms with van der Waals surface area (Å²) in [4.78, 5) is 3.78. The van der Waals surface area contributed by atoms with E-state index in [0.29, 0.717) is 5.69 Å². The Kier molecular flexibility index (Phi) is 2.95. The van der Waals surface area contributed by atoms with Crippen molar-refractivity contribution in [2.75, 3.05) is 0 Å². The molecule has 1 aromatic rings. The molecule has 0 amide bonds. The number of halogens is 2. The number of nitrogens with zero attached hydrogens (tertiary/aromatic N) is 1. The number of hydrogen-bond acceptors (Lipinski definition) is 3. The number of pyridine rings is 1. The van der Waals surface area contributed by atoms with Crippen LogP contribution in [0.3, 0.4) is 0 Å². The van der Waals surface area contributed by atoms with Gasteiger partial charge in [-0.1, -0.05) is 0 Å². The molecule has 1 heterocycles. The fourth-order valence-corrected chi connectivity index (χ4v) is 2.44. The molecule has 1 aromatic heterocycles. The molecule has 1 rings (SSSR count). The van der Waals surface area contributed by atoms with Crippen molar-refractivity contribution in [1.29, 1.82) is 0 Å². The topological polar surface area (TPSA) is 47.0 Å². The Labute approximate surface area is 88.7 Å². The third-order valence-electron chi connectivity index (χ3n) is 1.14. The van der Waals surface area contributed by atoms with E-state index < -0.39 is 9.05 Å². The third-order valence-corrected chi connectivity index (χ3v) is 2.95. The van der Waals surface area contributed by atoms with Gasteiger partial charge in [0.05, 0.1) is 0 Å². The van der Waals surface area contributed by atoms with Crippen LogP contribution in [0, 0.1) is 10.5 Å².